The number of hydrogen-bond acceptors (Lipinski definition) is 2. The minimum Gasteiger partial charge on any atom is -0.356 e. The highest BCUT2D eigenvalue weighted by molar-refractivity contribution is 14.1. The van der Waals surface area contributed by atoms with Crippen molar-refractivity contribution in [3.8, 4) is 0 Å². The van der Waals surface area contributed by atoms with E-state index >= 15 is 0 Å². The normalized spacial score (nSPS) is 11.4. The fourth-order valence-corrected chi connectivity index (χ4v) is 1.37. The zero-order valence-corrected chi connectivity index (χ0v) is 10.4. The molecule has 0 atom stereocenters. The van der Waals surface area contributed by atoms with Crippen molar-refractivity contribution in [2.24, 2.45) is 5.73 Å². The third-order valence-corrected chi connectivity index (χ3v) is 2.22. The smallest absolute Gasteiger partial charge is 0.267 e. The molecule has 78 valence electrons. The molecule has 0 bridgehead atoms. The van der Waals surface area contributed by atoms with Crippen LogP contribution < -0.4 is 11.1 Å². The Balaban J connectivity index is 2.52. The number of carbonyl (C=O) groups excluding carboxylic acids is 1. The lowest BCUT2D eigenvalue weighted by Crippen LogP contribution is -2.45. The van der Waals surface area contributed by atoms with E-state index in [1.165, 1.54) is 0 Å². The molecular formula is C9H14IN3O. The van der Waals surface area contributed by atoms with Crippen LogP contribution in [0.15, 0.2) is 12.3 Å². The third-order valence-electron chi connectivity index (χ3n) is 1.60. The fraction of sp³-hybridized carbons (Fsp3) is 0.444. The molecule has 0 radical (unpaired) electrons. The van der Waals surface area contributed by atoms with Gasteiger partial charge in [-0.15, -0.1) is 0 Å². The van der Waals surface area contributed by atoms with Gasteiger partial charge >= 0.3 is 0 Å². The summed E-state index contributed by atoms with van der Waals surface area (Å²) in [7, 11) is 0. The topological polar surface area (TPSA) is 70.9 Å². The number of rotatable bonds is 3. The number of nitrogens with one attached hydrogen (secondary N) is 2. The summed E-state index contributed by atoms with van der Waals surface area (Å²) >= 11 is 2.14. The maximum Gasteiger partial charge on any atom is 0.267 e. The summed E-state index contributed by atoms with van der Waals surface area (Å²) < 4.78 is 1.01. The Labute approximate surface area is 96.8 Å². The minimum absolute atomic E-state index is 0.119. The molecule has 1 rings (SSSR count). The van der Waals surface area contributed by atoms with Crippen LogP contribution in [0.25, 0.3) is 0 Å². The molecule has 1 aromatic rings. The Morgan fingerprint density at radius 3 is 2.79 bits per heavy atom. The van der Waals surface area contributed by atoms with E-state index in [1.807, 2.05) is 13.8 Å². The van der Waals surface area contributed by atoms with Crippen LogP contribution in [-0.4, -0.2) is 23.0 Å². The highest BCUT2D eigenvalue weighted by Crippen LogP contribution is 2.06. The van der Waals surface area contributed by atoms with Crippen LogP contribution in [0, 0.1) is 3.57 Å². The van der Waals surface area contributed by atoms with Gasteiger partial charge in [-0.3, -0.25) is 4.79 Å². The van der Waals surface area contributed by atoms with E-state index in [9.17, 15) is 4.79 Å². The SMILES string of the molecule is CC(C)(N)CNC(=O)c1cc(I)c[nH]1. The number of aromatic nitrogens is 1. The lowest BCUT2D eigenvalue weighted by Gasteiger charge is -2.18. The summed E-state index contributed by atoms with van der Waals surface area (Å²) in [6.45, 7) is 4.19. The van der Waals surface area contributed by atoms with Crippen molar-refractivity contribution >= 4 is 28.5 Å². The van der Waals surface area contributed by atoms with E-state index in [4.69, 9.17) is 5.73 Å². The maximum absolute atomic E-state index is 11.5. The first-order chi connectivity index (χ1) is 6.38. The van der Waals surface area contributed by atoms with E-state index in [0.717, 1.165) is 3.57 Å². The zero-order chi connectivity index (χ0) is 10.8. The maximum atomic E-state index is 11.5. The molecule has 0 unspecified atom stereocenters. The van der Waals surface area contributed by atoms with Gasteiger partial charge in [-0.05, 0) is 42.5 Å². The van der Waals surface area contributed by atoms with Crippen LogP contribution in [0.2, 0.25) is 0 Å². The van der Waals surface area contributed by atoms with Gasteiger partial charge in [0.2, 0.25) is 0 Å². The Bertz CT molecular complexity index is 327. The van der Waals surface area contributed by atoms with Gasteiger partial charge in [0.15, 0.2) is 0 Å². The quantitative estimate of drug-likeness (QED) is 0.732. The number of nitrogens with two attached hydrogens (primary N) is 1. The van der Waals surface area contributed by atoms with Gasteiger partial charge in [0.25, 0.3) is 5.91 Å². The lowest BCUT2D eigenvalue weighted by molar-refractivity contribution is 0.0941. The first kappa shape index (κ1) is 11.5. The molecule has 0 aromatic carbocycles. The summed E-state index contributed by atoms with van der Waals surface area (Å²) in [5.41, 5.74) is 5.93. The highest BCUT2D eigenvalue weighted by atomic mass is 127. The summed E-state index contributed by atoms with van der Waals surface area (Å²) in [6, 6.07) is 1.79. The molecule has 0 fully saturated rings. The van der Waals surface area contributed by atoms with Crippen molar-refractivity contribution in [2.45, 2.75) is 19.4 Å². The highest BCUT2D eigenvalue weighted by Gasteiger charge is 2.13. The average Bonchev–Trinajstić information content (AvgIpc) is 2.46. The molecule has 0 aliphatic heterocycles. The number of halogens is 1. The Morgan fingerprint density at radius 2 is 2.36 bits per heavy atom. The predicted molar refractivity (Wildman–Crippen MR) is 64.1 cm³/mol. The second-order valence-electron chi connectivity index (χ2n) is 3.90. The van der Waals surface area contributed by atoms with Gasteiger partial charge in [-0.25, -0.2) is 0 Å². The zero-order valence-electron chi connectivity index (χ0n) is 8.23. The molecule has 5 heteroatoms. The van der Waals surface area contributed by atoms with Crippen molar-refractivity contribution in [3.63, 3.8) is 0 Å². The van der Waals surface area contributed by atoms with E-state index in [1.54, 1.807) is 12.3 Å². The third kappa shape index (κ3) is 3.67. The second-order valence-corrected chi connectivity index (χ2v) is 5.15. The van der Waals surface area contributed by atoms with Gasteiger partial charge in [-0.2, -0.15) is 0 Å². The fourth-order valence-electron chi connectivity index (χ4n) is 0.902. The van der Waals surface area contributed by atoms with Crippen LogP contribution in [0.3, 0.4) is 0 Å². The largest absolute Gasteiger partial charge is 0.356 e. The predicted octanol–water partition coefficient (Wildman–Crippen LogP) is 1.09. The van der Waals surface area contributed by atoms with Crippen molar-refractivity contribution in [3.05, 3.63) is 21.5 Å². The van der Waals surface area contributed by atoms with Crippen LogP contribution in [0.1, 0.15) is 24.3 Å². The summed E-state index contributed by atoms with van der Waals surface area (Å²) in [6.07, 6.45) is 1.78. The Morgan fingerprint density at radius 1 is 1.71 bits per heavy atom. The molecule has 0 saturated carbocycles. The van der Waals surface area contributed by atoms with Crippen LogP contribution >= 0.6 is 22.6 Å². The second kappa shape index (κ2) is 4.31. The van der Waals surface area contributed by atoms with Crippen molar-refractivity contribution in [2.75, 3.05) is 6.54 Å². The number of hydrogen-bond donors (Lipinski definition) is 3. The molecule has 0 aliphatic rings. The lowest BCUT2D eigenvalue weighted by atomic mass is 10.1. The first-order valence-corrected chi connectivity index (χ1v) is 5.37. The van der Waals surface area contributed by atoms with Gasteiger partial charge in [-0.1, -0.05) is 0 Å². The summed E-state index contributed by atoms with van der Waals surface area (Å²) in [5, 5.41) is 2.75. The van der Waals surface area contributed by atoms with Crippen LogP contribution in [-0.2, 0) is 0 Å². The van der Waals surface area contributed by atoms with Crippen molar-refractivity contribution in [1.82, 2.24) is 10.3 Å². The Hall–Kier alpha value is -0.560. The Kier molecular flexibility index (Phi) is 3.54. The molecular weight excluding hydrogens is 293 g/mol. The van der Waals surface area contributed by atoms with Gasteiger partial charge in [0.05, 0.1) is 0 Å². The molecule has 0 aliphatic carbocycles. The molecule has 4 nitrogen and oxygen atoms in total. The van der Waals surface area contributed by atoms with E-state index in [0.29, 0.717) is 12.2 Å². The molecule has 1 heterocycles. The number of aromatic amines is 1. The molecule has 4 N–H and O–H groups in total. The molecule has 1 aromatic heterocycles. The summed E-state index contributed by atoms with van der Waals surface area (Å²) in [5.74, 6) is -0.119. The van der Waals surface area contributed by atoms with E-state index in [-0.39, 0.29) is 11.4 Å². The van der Waals surface area contributed by atoms with Gasteiger partial charge in [0, 0.05) is 21.9 Å². The van der Waals surface area contributed by atoms with Crippen LogP contribution in [0.5, 0.6) is 0 Å². The number of H-pyrrole nitrogens is 1. The van der Waals surface area contributed by atoms with Crippen molar-refractivity contribution < 1.29 is 4.79 Å². The molecule has 0 saturated heterocycles. The molecule has 14 heavy (non-hydrogen) atoms. The number of carbonyl (C=O) groups is 1. The van der Waals surface area contributed by atoms with E-state index < -0.39 is 0 Å². The van der Waals surface area contributed by atoms with E-state index in [2.05, 4.69) is 32.9 Å². The average molecular weight is 307 g/mol. The summed E-state index contributed by atoms with van der Waals surface area (Å²) in [4.78, 5) is 14.4. The standard InChI is InChI=1S/C9H14IN3O/c1-9(2,11)5-13-8(14)7-3-6(10)4-12-7/h3-4,12H,5,11H2,1-2H3,(H,13,14). The molecule has 1 amide bonds. The minimum atomic E-state index is -0.380. The van der Waals surface area contributed by atoms with Gasteiger partial charge < -0.3 is 16.0 Å². The van der Waals surface area contributed by atoms with Crippen LogP contribution in [0.4, 0.5) is 0 Å². The molecule has 0 spiro atoms. The van der Waals surface area contributed by atoms with Gasteiger partial charge in [0.1, 0.15) is 5.69 Å². The first-order valence-electron chi connectivity index (χ1n) is 4.29. The number of amides is 1. The van der Waals surface area contributed by atoms with Crippen molar-refractivity contribution in [1.29, 1.82) is 0 Å². The monoisotopic (exact) mass is 307 g/mol.